The van der Waals surface area contributed by atoms with Gasteiger partial charge in [0, 0.05) is 43.3 Å². The van der Waals surface area contributed by atoms with Crippen LogP contribution in [0.15, 0.2) is 122 Å². The van der Waals surface area contributed by atoms with E-state index >= 15 is 0 Å². The lowest BCUT2D eigenvalue weighted by atomic mass is 10.2. The van der Waals surface area contributed by atoms with Crippen LogP contribution in [0.2, 0.25) is 0 Å². The molecule has 0 aliphatic carbocycles. The Morgan fingerprint density at radius 1 is 0.648 bits per heavy atom. The van der Waals surface area contributed by atoms with Crippen molar-refractivity contribution < 1.29 is 18.1 Å². The van der Waals surface area contributed by atoms with Crippen LogP contribution in [0.5, 0.6) is 0 Å². The molecule has 0 radical (unpaired) electrons. The summed E-state index contributed by atoms with van der Waals surface area (Å²) in [7, 11) is -4.54. The zero-order chi connectivity index (χ0) is 38.5. The molecule has 4 aromatic carbocycles. The Morgan fingerprint density at radius 2 is 1.15 bits per heavy atom. The molecular weight excluding hydrogens is 727 g/mol. The molecule has 1 heterocycles. The lowest BCUT2D eigenvalue weighted by Crippen LogP contribution is -2.21. The predicted molar refractivity (Wildman–Crippen MR) is 215 cm³/mol. The van der Waals surface area contributed by atoms with Crippen LogP contribution in [0, 0.1) is 0 Å². The number of aromatic nitrogens is 3. The molecule has 0 saturated carbocycles. The molecule has 0 saturated heterocycles. The Hall–Kier alpha value is -5.49. The minimum Gasteiger partial charge on any atom is -0.396 e. The molecule has 0 bridgehead atoms. The summed E-state index contributed by atoms with van der Waals surface area (Å²) < 4.78 is 33.8. The fourth-order valence-corrected chi connectivity index (χ4v) is 6.58. The number of benzene rings is 4. The molecule has 54 heavy (non-hydrogen) atoms. The number of rotatable bonds is 18. The van der Waals surface area contributed by atoms with Crippen molar-refractivity contribution in [2.24, 2.45) is 20.5 Å². The molecule has 1 aromatic heterocycles. The number of hydrogen-bond acceptors (Lipinski definition) is 15. The van der Waals surface area contributed by atoms with E-state index in [1.807, 2.05) is 74.5 Å². The van der Waals surface area contributed by atoms with E-state index in [9.17, 15) is 18.1 Å². The van der Waals surface area contributed by atoms with Crippen molar-refractivity contribution in [3.8, 4) is 0 Å². The average molecular weight is 770 g/mol. The maximum atomic E-state index is 12.0. The first-order valence-electron chi connectivity index (χ1n) is 17.4. The molecule has 0 spiro atoms. The minimum atomic E-state index is -4.54. The van der Waals surface area contributed by atoms with E-state index in [1.165, 1.54) is 30.0 Å². The van der Waals surface area contributed by atoms with Crippen LogP contribution in [0.1, 0.15) is 27.7 Å². The molecule has 0 amide bonds. The molecule has 0 fully saturated rings. The first-order valence-corrected chi connectivity index (χ1v) is 19.8. The van der Waals surface area contributed by atoms with Gasteiger partial charge in [-0.3, -0.25) is 4.55 Å². The first-order chi connectivity index (χ1) is 26.1. The zero-order valence-electron chi connectivity index (χ0n) is 30.5. The summed E-state index contributed by atoms with van der Waals surface area (Å²) in [6, 6.07) is 26.6. The Morgan fingerprint density at radius 3 is 1.67 bits per heavy atom. The lowest BCUT2D eigenvalue weighted by Gasteiger charge is -2.22. The highest BCUT2D eigenvalue weighted by atomic mass is 32.2. The van der Waals surface area contributed by atoms with E-state index < -0.39 is 10.1 Å². The lowest BCUT2D eigenvalue weighted by molar-refractivity contribution is 0.322. The van der Waals surface area contributed by atoms with Crippen molar-refractivity contribution in [2.45, 2.75) is 37.7 Å². The fraction of sp³-hybridized carbons (Fsp3) is 0.270. The summed E-state index contributed by atoms with van der Waals surface area (Å²) in [6.45, 7) is 11.3. The number of hydrogen-bond donors (Lipinski definition) is 4. The molecule has 5 rings (SSSR count). The second-order valence-electron chi connectivity index (χ2n) is 11.5. The van der Waals surface area contributed by atoms with Crippen LogP contribution in [0.25, 0.3) is 0 Å². The van der Waals surface area contributed by atoms with E-state index in [0.29, 0.717) is 39.3 Å². The zero-order valence-corrected chi connectivity index (χ0v) is 32.1. The maximum Gasteiger partial charge on any atom is 0.296 e. The summed E-state index contributed by atoms with van der Waals surface area (Å²) >= 11 is 1.25. The average Bonchev–Trinajstić information content (AvgIpc) is 3.17. The van der Waals surface area contributed by atoms with Gasteiger partial charge in [0.1, 0.15) is 22.0 Å². The van der Waals surface area contributed by atoms with Crippen LogP contribution in [-0.2, 0) is 10.1 Å². The van der Waals surface area contributed by atoms with Gasteiger partial charge in [0.15, 0.2) is 5.16 Å². The Balaban J connectivity index is 1.58. The third-order valence-electron chi connectivity index (χ3n) is 8.09. The van der Waals surface area contributed by atoms with Gasteiger partial charge in [-0.25, -0.2) is 0 Å². The van der Waals surface area contributed by atoms with Gasteiger partial charge >= 0.3 is 0 Å². The topological polar surface area (TPSA) is 193 Å². The summed E-state index contributed by atoms with van der Waals surface area (Å²) in [5, 5.41) is 34.1. The van der Waals surface area contributed by atoms with Crippen molar-refractivity contribution in [2.75, 3.05) is 59.0 Å². The van der Waals surface area contributed by atoms with Gasteiger partial charge in [-0.05, 0) is 88.4 Å². The molecule has 0 aliphatic heterocycles. The second kappa shape index (κ2) is 19.0. The van der Waals surface area contributed by atoms with E-state index in [0.717, 1.165) is 37.6 Å². The SMILES string of the molecule is CCN(CC)c1ccc(N=Nc2ccccc2)c(Nc2nc(Nc3cc(N(CC)CC)ccc3N=Nc3ccccc3S(=O)(=O)O)nc(SCCO)n2)c1. The van der Waals surface area contributed by atoms with Gasteiger partial charge in [-0.2, -0.15) is 28.5 Å². The minimum absolute atomic E-state index is 0.0275. The summed E-state index contributed by atoms with van der Waals surface area (Å²) in [5.74, 6) is 0.735. The predicted octanol–water partition coefficient (Wildman–Crippen LogP) is 9.21. The number of aliphatic hydroxyl groups excluding tert-OH is 1. The monoisotopic (exact) mass is 769 g/mol. The van der Waals surface area contributed by atoms with Gasteiger partial charge in [-0.1, -0.05) is 42.1 Å². The highest BCUT2D eigenvalue weighted by molar-refractivity contribution is 7.99. The number of aliphatic hydroxyl groups is 1. The highest BCUT2D eigenvalue weighted by Crippen LogP contribution is 2.36. The number of nitrogens with one attached hydrogen (secondary N) is 2. The fourth-order valence-electron chi connectivity index (χ4n) is 5.38. The van der Waals surface area contributed by atoms with Crippen LogP contribution in [0.3, 0.4) is 0 Å². The molecule has 17 heteroatoms. The van der Waals surface area contributed by atoms with Gasteiger partial charge in [-0.15, -0.1) is 15.3 Å². The van der Waals surface area contributed by atoms with Gasteiger partial charge in [0.05, 0.1) is 23.7 Å². The van der Waals surface area contributed by atoms with Gasteiger partial charge in [0.2, 0.25) is 11.9 Å². The van der Waals surface area contributed by atoms with Gasteiger partial charge < -0.3 is 25.5 Å². The third-order valence-corrected chi connectivity index (χ3v) is 9.81. The second-order valence-corrected chi connectivity index (χ2v) is 14.0. The van der Waals surface area contributed by atoms with Crippen molar-refractivity contribution in [3.63, 3.8) is 0 Å². The van der Waals surface area contributed by atoms with Crippen LogP contribution in [0.4, 0.5) is 57.4 Å². The Kier molecular flexibility index (Phi) is 14.0. The normalized spacial score (nSPS) is 11.7. The van der Waals surface area contributed by atoms with Gasteiger partial charge in [0.25, 0.3) is 10.1 Å². The van der Waals surface area contributed by atoms with E-state index in [1.54, 1.807) is 12.1 Å². The third kappa shape index (κ3) is 10.6. The molecule has 5 aromatic rings. The van der Waals surface area contributed by atoms with Crippen molar-refractivity contribution >= 4 is 79.3 Å². The summed E-state index contributed by atoms with van der Waals surface area (Å²) in [5.41, 5.74) is 4.55. The van der Waals surface area contributed by atoms with Crippen molar-refractivity contribution in [1.82, 2.24) is 15.0 Å². The number of nitrogens with zero attached hydrogens (tertiary/aromatic N) is 9. The Labute approximate surface area is 319 Å². The largest absolute Gasteiger partial charge is 0.396 e. The Bertz CT molecular complexity index is 2180. The molecular formula is C37H43N11O4S2. The maximum absolute atomic E-state index is 12.0. The molecule has 4 N–H and O–H groups in total. The van der Waals surface area contributed by atoms with E-state index in [4.69, 9.17) is 4.98 Å². The molecule has 15 nitrogen and oxygen atoms in total. The summed E-state index contributed by atoms with van der Waals surface area (Å²) in [4.78, 5) is 18.0. The van der Waals surface area contributed by atoms with E-state index in [-0.39, 0.29) is 29.1 Å². The first kappa shape index (κ1) is 39.7. The molecule has 0 unspecified atom stereocenters. The van der Waals surface area contributed by atoms with Crippen LogP contribution >= 0.6 is 11.8 Å². The smallest absolute Gasteiger partial charge is 0.296 e. The number of thioether (sulfide) groups is 1. The van der Waals surface area contributed by atoms with Crippen molar-refractivity contribution in [3.05, 3.63) is 91.0 Å². The van der Waals surface area contributed by atoms with Crippen molar-refractivity contribution in [1.29, 1.82) is 0 Å². The summed E-state index contributed by atoms with van der Waals surface area (Å²) in [6.07, 6.45) is 0. The molecule has 0 atom stereocenters. The van der Waals surface area contributed by atoms with E-state index in [2.05, 4.69) is 64.7 Å². The number of azo groups is 2. The highest BCUT2D eigenvalue weighted by Gasteiger charge is 2.17. The molecule has 0 aliphatic rings. The number of anilines is 6. The quantitative estimate of drug-likeness (QED) is 0.0376. The van der Waals surface area contributed by atoms with Crippen LogP contribution < -0.4 is 20.4 Å². The standard InChI is InChI=1S/C37H43N11O4S2/c1-5-47(6-2)27-18-20-29(44-43-26-14-10-9-11-15-26)32(24-27)38-35-40-36(42-37(41-35)53-23-22-49)39-33-25-28(48(7-3)8-4)19-21-30(33)45-46-31-16-12-13-17-34(31)54(50,51)52/h9-21,24-25,49H,5-8,22-23H2,1-4H3,(H,50,51,52)(H2,38,39,40,41,42). The van der Waals surface area contributed by atoms with Crippen LogP contribution in [-0.4, -0.2) is 71.6 Å². The molecule has 282 valence electrons.